The Hall–Kier alpha value is -4.06. The highest BCUT2D eigenvalue weighted by molar-refractivity contribution is 5.95. The van der Waals surface area contributed by atoms with Crippen LogP contribution in [0.15, 0.2) is 18.6 Å². The zero-order chi connectivity index (χ0) is 30.7. The minimum absolute atomic E-state index is 0.0627. The molecule has 41 heavy (non-hydrogen) atoms. The monoisotopic (exact) mass is 570 g/mol. The summed E-state index contributed by atoms with van der Waals surface area (Å²) >= 11 is 0. The van der Waals surface area contributed by atoms with Crippen LogP contribution in [0.2, 0.25) is 0 Å². The van der Waals surface area contributed by atoms with Gasteiger partial charge in [-0.1, -0.05) is 40.5 Å². The van der Waals surface area contributed by atoms with E-state index in [4.69, 9.17) is 0 Å². The molecule has 2 N–H and O–H groups in total. The SMILES string of the molecule is CC#Cc1cn(C)c2cncc(C(C#N)NC(=O)[C@@H]3[C@@H]4[C@H](CN3C(=O)[C@@H](NC(=O)C(F)(F)F)C(C)(C)C)C4(C)C)c12. The number of pyridine rings is 1. The standard InChI is InChI=1S/C29H33F3N6O3/c1-8-9-15-13-37(7)19-12-34-11-16(20(15)19)18(10-33)35-24(39)22-21-17(28(21,5)6)14-38(22)25(40)23(27(2,3)4)36-26(41)29(30,31)32/h11-13,17-18,21-23H,14H2,1-7H3,(H,35,39)(H,36,41)/t17-,18?,21-,22-,23+/m0/s1. The minimum atomic E-state index is -5.18. The quantitative estimate of drug-likeness (QED) is 0.535. The van der Waals surface area contributed by atoms with Crippen molar-refractivity contribution in [3.8, 4) is 17.9 Å². The number of rotatable bonds is 5. The summed E-state index contributed by atoms with van der Waals surface area (Å²) in [5, 5.41) is 15.4. The molecule has 1 aliphatic heterocycles. The molecule has 1 saturated heterocycles. The van der Waals surface area contributed by atoms with Gasteiger partial charge in [-0.3, -0.25) is 19.4 Å². The first kappa shape index (κ1) is 29.9. The molecule has 4 rings (SSSR count). The maximum atomic E-state index is 13.9. The molecule has 2 aromatic heterocycles. The Morgan fingerprint density at radius 1 is 1.17 bits per heavy atom. The number of carbonyl (C=O) groups is 3. The summed E-state index contributed by atoms with van der Waals surface area (Å²) in [6.07, 6.45) is -0.254. The molecule has 3 amide bonds. The van der Waals surface area contributed by atoms with Crippen LogP contribution in [-0.2, 0) is 21.4 Å². The van der Waals surface area contributed by atoms with Gasteiger partial charge in [0.25, 0.3) is 0 Å². The Morgan fingerprint density at radius 2 is 1.83 bits per heavy atom. The molecule has 9 nitrogen and oxygen atoms in total. The maximum Gasteiger partial charge on any atom is 0.471 e. The molecule has 0 aromatic carbocycles. The fourth-order valence-corrected chi connectivity index (χ4v) is 6.05. The third-order valence-electron chi connectivity index (χ3n) is 8.32. The van der Waals surface area contributed by atoms with Crippen molar-refractivity contribution >= 4 is 28.6 Å². The third-order valence-corrected chi connectivity index (χ3v) is 8.32. The van der Waals surface area contributed by atoms with Crippen molar-refractivity contribution in [3.63, 3.8) is 0 Å². The van der Waals surface area contributed by atoms with Crippen LogP contribution in [0, 0.1) is 45.8 Å². The molecule has 1 aliphatic carbocycles. The van der Waals surface area contributed by atoms with E-state index in [9.17, 15) is 32.8 Å². The maximum absolute atomic E-state index is 13.9. The molecule has 3 heterocycles. The predicted octanol–water partition coefficient (Wildman–Crippen LogP) is 3.20. The van der Waals surface area contributed by atoms with E-state index in [1.165, 1.54) is 31.9 Å². The lowest BCUT2D eigenvalue weighted by molar-refractivity contribution is -0.176. The molecule has 2 fully saturated rings. The Kier molecular flexibility index (Phi) is 7.36. The van der Waals surface area contributed by atoms with Crippen molar-refractivity contribution in [2.24, 2.45) is 29.7 Å². The molecule has 0 radical (unpaired) electrons. The highest BCUT2D eigenvalue weighted by atomic mass is 19.4. The van der Waals surface area contributed by atoms with E-state index in [-0.39, 0.29) is 23.8 Å². The summed E-state index contributed by atoms with van der Waals surface area (Å²) in [4.78, 5) is 44.9. The third kappa shape index (κ3) is 5.23. The first-order valence-electron chi connectivity index (χ1n) is 13.2. The number of nitriles is 1. The molecule has 2 aromatic rings. The molecule has 2 aliphatic rings. The fraction of sp³-hybridized carbons (Fsp3) is 0.552. The van der Waals surface area contributed by atoms with Crippen LogP contribution in [-0.4, -0.2) is 57.0 Å². The van der Waals surface area contributed by atoms with Gasteiger partial charge in [-0.05, 0) is 29.6 Å². The fourth-order valence-electron chi connectivity index (χ4n) is 6.05. The van der Waals surface area contributed by atoms with Gasteiger partial charge in [0, 0.05) is 36.9 Å². The van der Waals surface area contributed by atoms with Gasteiger partial charge in [0.1, 0.15) is 18.1 Å². The number of likely N-dealkylation sites (tertiary alicyclic amines) is 1. The average molecular weight is 571 g/mol. The van der Waals surface area contributed by atoms with Crippen LogP contribution in [0.5, 0.6) is 0 Å². The van der Waals surface area contributed by atoms with Gasteiger partial charge in [0.05, 0.1) is 23.3 Å². The van der Waals surface area contributed by atoms with Crippen LogP contribution in [0.1, 0.15) is 58.7 Å². The summed E-state index contributed by atoms with van der Waals surface area (Å²) in [6.45, 7) is 10.4. The molecule has 1 saturated carbocycles. The lowest BCUT2D eigenvalue weighted by Crippen LogP contribution is -2.60. The number of piperidine rings is 1. The van der Waals surface area contributed by atoms with Gasteiger partial charge < -0.3 is 20.1 Å². The van der Waals surface area contributed by atoms with Crippen LogP contribution in [0.3, 0.4) is 0 Å². The van der Waals surface area contributed by atoms with E-state index in [2.05, 4.69) is 28.2 Å². The van der Waals surface area contributed by atoms with Gasteiger partial charge in [-0.15, -0.1) is 5.92 Å². The van der Waals surface area contributed by atoms with Gasteiger partial charge in [0.15, 0.2) is 0 Å². The van der Waals surface area contributed by atoms with Crippen molar-refractivity contribution in [2.75, 3.05) is 6.54 Å². The van der Waals surface area contributed by atoms with E-state index in [1.54, 1.807) is 19.3 Å². The zero-order valence-electron chi connectivity index (χ0n) is 24.0. The molecule has 1 unspecified atom stereocenters. The number of nitrogens with zero attached hydrogens (tertiary/aromatic N) is 4. The Balaban J connectivity index is 1.68. The number of alkyl halides is 3. The normalized spacial score (nSPS) is 22.6. The first-order chi connectivity index (χ1) is 18.9. The average Bonchev–Trinajstić information content (AvgIpc) is 3.18. The molecular weight excluding hydrogens is 537 g/mol. The number of nitrogens with one attached hydrogen (secondary N) is 2. The smallest absolute Gasteiger partial charge is 0.348 e. The lowest BCUT2D eigenvalue weighted by Gasteiger charge is -2.37. The first-order valence-corrected chi connectivity index (χ1v) is 13.2. The van der Waals surface area contributed by atoms with Crippen molar-refractivity contribution in [1.29, 1.82) is 5.26 Å². The number of hydrogen-bond donors (Lipinski definition) is 2. The zero-order valence-corrected chi connectivity index (χ0v) is 24.0. The highest BCUT2D eigenvalue weighted by Crippen LogP contribution is 2.65. The number of carbonyl (C=O) groups excluding carboxylic acids is 3. The molecule has 12 heteroatoms. The van der Waals surface area contributed by atoms with Crippen LogP contribution in [0.25, 0.3) is 10.9 Å². The second-order valence-corrected chi connectivity index (χ2v) is 12.4. The van der Waals surface area contributed by atoms with E-state index >= 15 is 0 Å². The highest BCUT2D eigenvalue weighted by Gasteiger charge is 2.70. The second-order valence-electron chi connectivity index (χ2n) is 12.4. The summed E-state index contributed by atoms with van der Waals surface area (Å²) in [7, 11) is 1.81. The van der Waals surface area contributed by atoms with Crippen molar-refractivity contribution in [2.45, 2.75) is 65.8 Å². The Bertz CT molecular complexity index is 1520. The number of aryl methyl sites for hydroxylation is 1. The van der Waals surface area contributed by atoms with Crippen molar-refractivity contribution in [1.82, 2.24) is 25.1 Å². The van der Waals surface area contributed by atoms with Gasteiger partial charge in [-0.25, -0.2) is 0 Å². The van der Waals surface area contributed by atoms with E-state index in [0.717, 1.165) is 0 Å². The van der Waals surface area contributed by atoms with Crippen molar-refractivity contribution < 1.29 is 27.6 Å². The summed E-state index contributed by atoms with van der Waals surface area (Å²) in [6, 6.07) is -1.60. The number of halogens is 3. The van der Waals surface area contributed by atoms with E-state index in [1.807, 2.05) is 30.8 Å². The lowest BCUT2D eigenvalue weighted by atomic mass is 9.85. The van der Waals surface area contributed by atoms with Crippen LogP contribution in [0.4, 0.5) is 13.2 Å². The minimum Gasteiger partial charge on any atom is -0.348 e. The summed E-state index contributed by atoms with van der Waals surface area (Å²) < 4.78 is 41.1. The molecule has 0 bridgehead atoms. The van der Waals surface area contributed by atoms with Gasteiger partial charge in [0.2, 0.25) is 11.8 Å². The number of amides is 3. The van der Waals surface area contributed by atoms with Crippen molar-refractivity contribution in [3.05, 3.63) is 29.7 Å². The Morgan fingerprint density at radius 3 is 2.39 bits per heavy atom. The van der Waals surface area contributed by atoms with Crippen LogP contribution >= 0.6 is 0 Å². The topological polar surface area (TPSA) is 120 Å². The van der Waals surface area contributed by atoms with E-state index in [0.29, 0.717) is 22.0 Å². The Labute approximate surface area is 236 Å². The number of hydrogen-bond acceptors (Lipinski definition) is 5. The molecular formula is C29H33F3N6O3. The number of aromatic nitrogens is 2. The number of fused-ring (bicyclic) bond motifs is 2. The predicted molar refractivity (Wildman–Crippen MR) is 143 cm³/mol. The molecule has 218 valence electrons. The second kappa shape index (κ2) is 10.1. The largest absolute Gasteiger partial charge is 0.471 e. The van der Waals surface area contributed by atoms with Crippen LogP contribution < -0.4 is 10.6 Å². The summed E-state index contributed by atoms with van der Waals surface area (Å²) in [5.41, 5.74) is 0.430. The molecule has 0 spiro atoms. The molecule has 5 atom stereocenters. The van der Waals surface area contributed by atoms with Gasteiger partial charge in [-0.2, -0.15) is 18.4 Å². The van der Waals surface area contributed by atoms with E-state index < -0.39 is 47.4 Å². The van der Waals surface area contributed by atoms with Gasteiger partial charge >= 0.3 is 12.1 Å². The summed E-state index contributed by atoms with van der Waals surface area (Å²) in [5.74, 6) is 1.92.